The molecule has 3 aromatic carbocycles. The third kappa shape index (κ3) is 4.93. The van der Waals surface area contributed by atoms with E-state index in [1.54, 1.807) is 36.4 Å². The Kier molecular flexibility index (Phi) is 8.65. The van der Waals surface area contributed by atoms with Gasteiger partial charge in [0.1, 0.15) is 5.69 Å². The fourth-order valence-electron chi connectivity index (χ4n) is 4.16. The molecule has 0 radical (unpaired) electrons. The molecule has 9 nitrogen and oxygen atoms in total. The van der Waals surface area contributed by atoms with Crippen molar-refractivity contribution in [3.63, 3.8) is 0 Å². The van der Waals surface area contributed by atoms with Gasteiger partial charge in [0.25, 0.3) is 5.56 Å². The molecule has 0 saturated carbocycles. The minimum absolute atomic E-state index is 0. The summed E-state index contributed by atoms with van der Waals surface area (Å²) in [5.41, 5.74) is 0.737. The zero-order chi connectivity index (χ0) is 26.0. The summed E-state index contributed by atoms with van der Waals surface area (Å²) < 4.78 is 22.8. The Balaban J connectivity index is 0.00000380. The number of carboxylic acid groups (broad SMARTS) is 1. The van der Waals surface area contributed by atoms with Gasteiger partial charge in [0.05, 0.1) is 34.0 Å². The number of rotatable bonds is 7. The summed E-state index contributed by atoms with van der Waals surface area (Å²) in [6, 6.07) is 15.9. The molecule has 1 aromatic heterocycles. The summed E-state index contributed by atoms with van der Waals surface area (Å²) in [4.78, 5) is 38.3. The van der Waals surface area contributed by atoms with Crippen LogP contribution in [0.15, 0.2) is 65.5 Å². The molecule has 0 unspecified atom stereocenters. The number of methoxy groups -OCH3 is 4. The molecule has 0 aliphatic heterocycles. The van der Waals surface area contributed by atoms with E-state index in [0.717, 1.165) is 0 Å². The van der Waals surface area contributed by atoms with Gasteiger partial charge in [-0.2, -0.15) is 0 Å². The zero-order valence-electron chi connectivity index (χ0n) is 20.0. The van der Waals surface area contributed by atoms with Crippen molar-refractivity contribution >= 4 is 52.3 Å². The van der Waals surface area contributed by atoms with E-state index in [-0.39, 0.29) is 40.8 Å². The van der Waals surface area contributed by atoms with E-state index in [4.69, 9.17) is 18.9 Å². The Labute approximate surface area is 234 Å². The molecule has 0 saturated heterocycles. The summed E-state index contributed by atoms with van der Waals surface area (Å²) in [5.74, 6) is -0.793. The fraction of sp³-hybridized carbons (Fsp3) is 0.148. The number of ether oxygens (including phenoxy) is 4. The Morgan fingerprint density at radius 1 is 0.811 bits per heavy atom. The number of benzene rings is 3. The molecule has 1 heterocycles. The van der Waals surface area contributed by atoms with E-state index in [1.165, 1.54) is 57.3 Å². The first-order valence-corrected chi connectivity index (χ1v) is 10.8. The van der Waals surface area contributed by atoms with Crippen LogP contribution in [-0.4, -0.2) is 79.6 Å². The number of hydrogen-bond acceptors (Lipinski definition) is 7. The molecule has 0 bridgehead atoms. The van der Waals surface area contributed by atoms with Gasteiger partial charge in [-0.3, -0.25) is 9.36 Å². The molecule has 0 aliphatic carbocycles. The Bertz CT molecular complexity index is 1520. The molecule has 0 spiro atoms. The maximum absolute atomic E-state index is 13.7. The molecule has 4 aromatic rings. The zero-order valence-corrected chi connectivity index (χ0v) is 20.0. The average molecular weight is 513 g/mol. The molecule has 0 fully saturated rings. The number of nitrogens with zero attached hydrogens (tertiary/aromatic N) is 1. The number of carbonyl (C=O) groups excluding carboxylic acids is 1. The molecule has 186 valence electrons. The number of fused-ring (bicyclic) bond motifs is 1. The van der Waals surface area contributed by atoms with Crippen molar-refractivity contribution in [3.05, 3.63) is 82.3 Å². The summed E-state index contributed by atoms with van der Waals surface area (Å²) in [6.45, 7) is 0. The van der Waals surface area contributed by atoms with Crippen LogP contribution in [0, 0.1) is 0 Å². The predicted molar refractivity (Wildman–Crippen MR) is 140 cm³/mol. The van der Waals surface area contributed by atoms with Gasteiger partial charge in [-0.05, 0) is 53.4 Å². The van der Waals surface area contributed by atoms with Gasteiger partial charge in [-0.1, -0.05) is 18.2 Å². The Morgan fingerprint density at radius 3 is 1.86 bits per heavy atom. The van der Waals surface area contributed by atoms with Gasteiger partial charge >= 0.3 is 41.5 Å². The van der Waals surface area contributed by atoms with Crippen molar-refractivity contribution in [1.29, 1.82) is 0 Å². The Morgan fingerprint density at radius 2 is 1.38 bits per heavy atom. The van der Waals surface area contributed by atoms with E-state index < -0.39 is 17.5 Å². The van der Waals surface area contributed by atoms with Crippen LogP contribution in [0.25, 0.3) is 27.6 Å². The van der Waals surface area contributed by atoms with Crippen molar-refractivity contribution in [2.45, 2.75) is 0 Å². The number of esters is 1. The normalized spacial score (nSPS) is 10.4. The number of carbonyl (C=O) groups is 2. The first-order chi connectivity index (χ1) is 17.4. The SMILES string of the molecule is COC(=O)c1c(-c2cc(OC)c(OC)c(OC)c2)c2ccccc2c(=O)n1-c1ccc(C(=O)O)cc1.[NaH]. The molecular weight excluding hydrogens is 489 g/mol. The second kappa shape index (κ2) is 11.5. The van der Waals surface area contributed by atoms with Crippen LogP contribution < -0.4 is 19.8 Å². The van der Waals surface area contributed by atoms with Crippen LogP contribution in [0.4, 0.5) is 0 Å². The van der Waals surface area contributed by atoms with E-state index in [2.05, 4.69) is 0 Å². The van der Waals surface area contributed by atoms with Crippen LogP contribution in [0.2, 0.25) is 0 Å². The summed E-state index contributed by atoms with van der Waals surface area (Å²) in [7, 11) is 5.66. The molecule has 1 N–H and O–H groups in total. The number of hydrogen-bond donors (Lipinski definition) is 1. The quantitative estimate of drug-likeness (QED) is 0.295. The van der Waals surface area contributed by atoms with Crippen molar-refractivity contribution in [3.8, 4) is 34.1 Å². The van der Waals surface area contributed by atoms with Gasteiger partial charge in [0.2, 0.25) is 5.75 Å². The Hall–Kier alpha value is -3.79. The average Bonchev–Trinajstić information content (AvgIpc) is 2.91. The third-order valence-electron chi connectivity index (χ3n) is 5.79. The van der Waals surface area contributed by atoms with E-state index in [9.17, 15) is 19.5 Å². The second-order valence-electron chi connectivity index (χ2n) is 7.67. The van der Waals surface area contributed by atoms with E-state index >= 15 is 0 Å². The van der Waals surface area contributed by atoms with Crippen molar-refractivity contribution in [1.82, 2.24) is 4.57 Å². The van der Waals surface area contributed by atoms with Gasteiger partial charge in [-0.15, -0.1) is 0 Å². The molecule has 0 amide bonds. The number of aromatic carboxylic acids is 1. The molecule has 10 heteroatoms. The van der Waals surface area contributed by atoms with Crippen LogP contribution in [-0.2, 0) is 4.74 Å². The van der Waals surface area contributed by atoms with Gasteiger partial charge in [0.15, 0.2) is 11.5 Å². The minimum atomic E-state index is -1.11. The predicted octanol–water partition coefficient (Wildman–Crippen LogP) is 3.52. The van der Waals surface area contributed by atoms with Crippen molar-refractivity contribution in [2.75, 3.05) is 28.4 Å². The first kappa shape index (κ1) is 27.8. The first-order valence-electron chi connectivity index (χ1n) is 10.8. The monoisotopic (exact) mass is 513 g/mol. The molecular formula is C27H24NNaO8. The summed E-state index contributed by atoms with van der Waals surface area (Å²) in [5, 5.41) is 10.1. The fourth-order valence-corrected chi connectivity index (χ4v) is 4.16. The summed E-state index contributed by atoms with van der Waals surface area (Å²) >= 11 is 0. The summed E-state index contributed by atoms with van der Waals surface area (Å²) in [6.07, 6.45) is 0. The van der Waals surface area contributed by atoms with Crippen LogP contribution in [0.5, 0.6) is 17.2 Å². The van der Waals surface area contributed by atoms with Crippen LogP contribution in [0.3, 0.4) is 0 Å². The van der Waals surface area contributed by atoms with Crippen LogP contribution >= 0.6 is 0 Å². The standard InChI is InChI=1S/C27H23NO8.Na.H/c1-33-20-13-16(14-21(34-2)24(20)35-3)22-18-7-5-6-8-19(18)25(29)28(23(22)27(32)36-4)17-11-9-15(10-12-17)26(30)31;;/h5-14H,1-4H3,(H,30,31);;. The van der Waals surface area contributed by atoms with Gasteiger partial charge in [0, 0.05) is 16.6 Å². The van der Waals surface area contributed by atoms with Crippen molar-refractivity contribution < 1.29 is 33.6 Å². The second-order valence-corrected chi connectivity index (χ2v) is 7.67. The van der Waals surface area contributed by atoms with E-state index in [0.29, 0.717) is 44.8 Å². The third-order valence-corrected chi connectivity index (χ3v) is 5.79. The number of aromatic nitrogens is 1. The molecule has 0 atom stereocenters. The number of pyridine rings is 1. The van der Waals surface area contributed by atoms with Crippen LogP contribution in [0.1, 0.15) is 20.8 Å². The van der Waals surface area contributed by atoms with Gasteiger partial charge < -0.3 is 24.1 Å². The molecule has 4 rings (SSSR count). The molecule has 37 heavy (non-hydrogen) atoms. The van der Waals surface area contributed by atoms with Gasteiger partial charge in [-0.25, -0.2) is 9.59 Å². The molecule has 0 aliphatic rings. The topological polar surface area (TPSA) is 113 Å². The number of carboxylic acids is 1. The van der Waals surface area contributed by atoms with E-state index in [1.807, 2.05) is 0 Å². The maximum atomic E-state index is 13.7. The van der Waals surface area contributed by atoms with Crippen molar-refractivity contribution in [2.24, 2.45) is 0 Å².